The molecular weight excluding hydrogens is 280 g/mol. The van der Waals surface area contributed by atoms with Crippen LogP contribution in [0.1, 0.15) is 5.56 Å². The topological polar surface area (TPSA) is 61.8 Å². The molecule has 2 aromatic heterocycles. The first-order valence-electron chi connectivity index (χ1n) is 6.92. The van der Waals surface area contributed by atoms with Gasteiger partial charge in [0.1, 0.15) is 0 Å². The van der Waals surface area contributed by atoms with E-state index in [4.69, 9.17) is 0 Å². The lowest BCUT2D eigenvalue weighted by Gasteiger charge is -2.04. The zero-order valence-corrected chi connectivity index (χ0v) is 12.4. The van der Waals surface area contributed by atoms with Gasteiger partial charge in [-0.2, -0.15) is 0 Å². The van der Waals surface area contributed by atoms with Crippen molar-refractivity contribution < 1.29 is 0 Å². The molecule has 0 amide bonds. The zero-order valence-electron chi connectivity index (χ0n) is 12.4. The molecular formula is C16H16N4O2. The fourth-order valence-electron chi connectivity index (χ4n) is 2.40. The van der Waals surface area contributed by atoms with Gasteiger partial charge in [-0.25, -0.2) is 9.78 Å². The quantitative estimate of drug-likeness (QED) is 0.728. The van der Waals surface area contributed by atoms with E-state index in [0.717, 1.165) is 10.1 Å². The summed E-state index contributed by atoms with van der Waals surface area (Å²) in [6.07, 6.45) is 5.53. The van der Waals surface area contributed by atoms with Crippen molar-refractivity contribution in [3.05, 3.63) is 69.1 Å². The maximum absolute atomic E-state index is 12.3. The standard InChI is InChI=1S/C16H16N4O2/c1-18-14-13(15(21)19(2)16(18)22)20(11-17-14)10-6-9-12-7-4-3-5-8-12/h3-9,11H,10H2,1-2H3/b9-6-. The summed E-state index contributed by atoms with van der Waals surface area (Å²) in [5.41, 5.74) is 1.22. The molecule has 0 spiro atoms. The first-order chi connectivity index (χ1) is 10.6. The normalized spacial score (nSPS) is 11.5. The summed E-state index contributed by atoms with van der Waals surface area (Å²) in [5, 5.41) is 0. The Labute approximate surface area is 126 Å². The summed E-state index contributed by atoms with van der Waals surface area (Å²) in [5.74, 6) is 0. The number of aromatic nitrogens is 4. The van der Waals surface area contributed by atoms with Crippen LogP contribution in [0.4, 0.5) is 0 Å². The molecule has 0 aliphatic rings. The van der Waals surface area contributed by atoms with E-state index in [1.807, 2.05) is 42.5 Å². The van der Waals surface area contributed by atoms with E-state index < -0.39 is 0 Å². The Bertz CT molecular complexity index is 961. The Balaban J connectivity index is 2.01. The molecule has 22 heavy (non-hydrogen) atoms. The summed E-state index contributed by atoms with van der Waals surface area (Å²) in [7, 11) is 3.09. The monoisotopic (exact) mass is 296 g/mol. The number of hydrogen-bond donors (Lipinski definition) is 0. The van der Waals surface area contributed by atoms with E-state index in [-0.39, 0.29) is 11.2 Å². The second-order valence-corrected chi connectivity index (χ2v) is 5.09. The van der Waals surface area contributed by atoms with Crippen molar-refractivity contribution in [1.29, 1.82) is 0 Å². The van der Waals surface area contributed by atoms with Crippen LogP contribution in [0.5, 0.6) is 0 Å². The van der Waals surface area contributed by atoms with Gasteiger partial charge < -0.3 is 4.57 Å². The van der Waals surface area contributed by atoms with Crippen molar-refractivity contribution in [3.63, 3.8) is 0 Å². The summed E-state index contributed by atoms with van der Waals surface area (Å²) in [6.45, 7) is 0.513. The van der Waals surface area contributed by atoms with Crippen LogP contribution in [0, 0.1) is 0 Å². The van der Waals surface area contributed by atoms with Gasteiger partial charge in [0.25, 0.3) is 5.56 Å². The molecule has 0 radical (unpaired) electrons. The largest absolute Gasteiger partial charge is 0.332 e. The molecule has 6 heteroatoms. The Kier molecular flexibility index (Phi) is 3.50. The smallest absolute Gasteiger partial charge is 0.321 e. The van der Waals surface area contributed by atoms with E-state index in [0.29, 0.717) is 17.7 Å². The van der Waals surface area contributed by atoms with Crippen LogP contribution in [0.2, 0.25) is 0 Å². The SMILES string of the molecule is Cn1c(=O)c2c(ncn2C/C=C\c2ccccc2)n(C)c1=O. The van der Waals surface area contributed by atoms with Crippen LogP contribution in [-0.4, -0.2) is 18.7 Å². The van der Waals surface area contributed by atoms with Crippen LogP contribution in [0.25, 0.3) is 17.2 Å². The summed E-state index contributed by atoms with van der Waals surface area (Å²) in [4.78, 5) is 28.3. The Hall–Kier alpha value is -2.89. The van der Waals surface area contributed by atoms with E-state index in [9.17, 15) is 9.59 Å². The number of hydrogen-bond acceptors (Lipinski definition) is 3. The molecule has 0 atom stereocenters. The van der Waals surface area contributed by atoms with Crippen molar-refractivity contribution in [2.24, 2.45) is 14.1 Å². The lowest BCUT2D eigenvalue weighted by molar-refractivity contribution is 0.703. The molecule has 112 valence electrons. The maximum atomic E-state index is 12.3. The van der Waals surface area contributed by atoms with Crippen LogP contribution in [0.15, 0.2) is 52.3 Å². The number of allylic oxidation sites excluding steroid dienone is 1. The molecule has 1 aromatic carbocycles. The maximum Gasteiger partial charge on any atom is 0.332 e. The molecule has 6 nitrogen and oxygen atoms in total. The van der Waals surface area contributed by atoms with Gasteiger partial charge in [-0.05, 0) is 5.56 Å². The molecule has 2 heterocycles. The number of nitrogens with zero attached hydrogens (tertiary/aromatic N) is 4. The highest BCUT2D eigenvalue weighted by atomic mass is 16.2. The molecule has 0 aliphatic carbocycles. The minimum Gasteiger partial charge on any atom is -0.321 e. The first kappa shape index (κ1) is 14.1. The zero-order chi connectivity index (χ0) is 15.7. The van der Waals surface area contributed by atoms with Gasteiger partial charge in [-0.1, -0.05) is 42.5 Å². The highest BCUT2D eigenvalue weighted by Gasteiger charge is 2.13. The molecule has 0 fully saturated rings. The molecule has 0 saturated carbocycles. The van der Waals surface area contributed by atoms with Crippen molar-refractivity contribution in [3.8, 4) is 0 Å². The summed E-state index contributed by atoms with van der Waals surface area (Å²) in [6, 6.07) is 9.91. The predicted molar refractivity (Wildman–Crippen MR) is 85.7 cm³/mol. The fourth-order valence-corrected chi connectivity index (χ4v) is 2.40. The van der Waals surface area contributed by atoms with Gasteiger partial charge in [0, 0.05) is 20.6 Å². The van der Waals surface area contributed by atoms with Crippen LogP contribution in [-0.2, 0) is 20.6 Å². The lowest BCUT2D eigenvalue weighted by Crippen LogP contribution is -2.37. The second kappa shape index (κ2) is 5.48. The fraction of sp³-hybridized carbons (Fsp3) is 0.188. The Morgan fingerprint density at radius 2 is 1.82 bits per heavy atom. The average Bonchev–Trinajstić information content (AvgIpc) is 2.96. The van der Waals surface area contributed by atoms with E-state index in [2.05, 4.69) is 4.98 Å². The van der Waals surface area contributed by atoms with Gasteiger partial charge in [-0.15, -0.1) is 0 Å². The molecule has 0 saturated heterocycles. The number of benzene rings is 1. The lowest BCUT2D eigenvalue weighted by atomic mass is 10.2. The molecule has 0 bridgehead atoms. The third-order valence-electron chi connectivity index (χ3n) is 3.63. The molecule has 3 aromatic rings. The second-order valence-electron chi connectivity index (χ2n) is 5.09. The Morgan fingerprint density at radius 1 is 1.09 bits per heavy atom. The number of imidazole rings is 1. The van der Waals surface area contributed by atoms with Crippen molar-refractivity contribution in [1.82, 2.24) is 18.7 Å². The van der Waals surface area contributed by atoms with Gasteiger partial charge in [0.05, 0.1) is 6.33 Å². The van der Waals surface area contributed by atoms with Crippen molar-refractivity contribution in [2.75, 3.05) is 0 Å². The number of fused-ring (bicyclic) bond motifs is 1. The van der Waals surface area contributed by atoms with Crippen molar-refractivity contribution >= 4 is 17.2 Å². The minimum absolute atomic E-state index is 0.330. The molecule has 3 rings (SSSR count). The molecule has 0 N–H and O–H groups in total. The van der Waals surface area contributed by atoms with Gasteiger partial charge in [0.15, 0.2) is 11.2 Å². The predicted octanol–water partition coefficient (Wildman–Crippen LogP) is 1.15. The van der Waals surface area contributed by atoms with Crippen LogP contribution >= 0.6 is 0 Å². The highest BCUT2D eigenvalue weighted by Crippen LogP contribution is 2.07. The van der Waals surface area contributed by atoms with E-state index in [1.165, 1.54) is 11.6 Å². The minimum atomic E-state index is -0.373. The average molecular weight is 296 g/mol. The third-order valence-corrected chi connectivity index (χ3v) is 3.63. The summed E-state index contributed by atoms with van der Waals surface area (Å²) >= 11 is 0. The highest BCUT2D eigenvalue weighted by molar-refractivity contribution is 5.70. The van der Waals surface area contributed by atoms with Crippen molar-refractivity contribution in [2.45, 2.75) is 6.54 Å². The van der Waals surface area contributed by atoms with Gasteiger partial charge in [-0.3, -0.25) is 13.9 Å². The van der Waals surface area contributed by atoms with Gasteiger partial charge >= 0.3 is 5.69 Å². The molecule has 0 aliphatic heterocycles. The number of rotatable bonds is 3. The molecule has 0 unspecified atom stereocenters. The summed E-state index contributed by atoms with van der Waals surface area (Å²) < 4.78 is 4.23. The van der Waals surface area contributed by atoms with Crippen LogP contribution < -0.4 is 11.2 Å². The van der Waals surface area contributed by atoms with Crippen LogP contribution in [0.3, 0.4) is 0 Å². The van der Waals surface area contributed by atoms with E-state index >= 15 is 0 Å². The third kappa shape index (κ3) is 2.28. The first-order valence-corrected chi connectivity index (χ1v) is 6.92. The Morgan fingerprint density at radius 3 is 2.55 bits per heavy atom. The number of aryl methyl sites for hydroxylation is 1. The van der Waals surface area contributed by atoms with Gasteiger partial charge in [0.2, 0.25) is 0 Å². The van der Waals surface area contributed by atoms with E-state index in [1.54, 1.807) is 17.9 Å².